The summed E-state index contributed by atoms with van der Waals surface area (Å²) in [7, 11) is -1.38. The van der Waals surface area contributed by atoms with Crippen molar-refractivity contribution in [3.05, 3.63) is 151 Å². The number of halogens is 11. The zero-order valence-electron chi connectivity index (χ0n) is 71.2. The zero-order chi connectivity index (χ0) is 99.3. The first kappa shape index (κ1) is 153. The summed E-state index contributed by atoms with van der Waals surface area (Å²) >= 11 is 46.5. The van der Waals surface area contributed by atoms with Gasteiger partial charge in [-0.3, -0.25) is 83.8 Å². The Morgan fingerprint density at radius 3 is 1.13 bits per heavy atom. The number of anilines is 3. The van der Waals surface area contributed by atoms with Crippen LogP contribution in [0.25, 0.3) is 0 Å². The van der Waals surface area contributed by atoms with Gasteiger partial charge in [-0.2, -0.15) is 143 Å². The van der Waals surface area contributed by atoms with Crippen molar-refractivity contribution in [1.82, 2.24) is 88.8 Å². The number of thiol groups is 6. The summed E-state index contributed by atoms with van der Waals surface area (Å²) in [4.78, 5) is 63.6. The Labute approximate surface area is 841 Å². The van der Waals surface area contributed by atoms with E-state index in [4.69, 9.17) is 52.1 Å². The van der Waals surface area contributed by atoms with Crippen molar-refractivity contribution in [2.45, 2.75) is 154 Å². The normalized spacial score (nSPS) is 9.94. The second-order valence-corrected chi connectivity index (χ2v) is 33.5. The highest BCUT2D eigenvalue weighted by Crippen LogP contribution is 2.37. The van der Waals surface area contributed by atoms with Crippen LogP contribution in [0.15, 0.2) is 88.3 Å². The van der Waals surface area contributed by atoms with E-state index < -0.39 is 105 Å². The van der Waals surface area contributed by atoms with Gasteiger partial charge in [0.05, 0.1) is 59.4 Å². The van der Waals surface area contributed by atoms with Gasteiger partial charge in [0.1, 0.15) is 59.3 Å². The minimum atomic E-state index is -4.74. The molecule has 132 heavy (non-hydrogen) atoms. The quantitative estimate of drug-likeness (QED) is 0.00394. The monoisotopic (exact) mass is 2280 g/mol. The lowest BCUT2D eigenvalue weighted by Gasteiger charge is -2.13. The van der Waals surface area contributed by atoms with E-state index in [9.17, 15) is 102 Å². The Morgan fingerprint density at radius 2 is 0.818 bits per heavy atom. The molecule has 0 aromatic carbocycles. The van der Waals surface area contributed by atoms with Crippen LogP contribution in [0.4, 0.5) is 72.0 Å². The largest absolute Gasteiger partial charge is 0.421 e. The van der Waals surface area contributed by atoms with Crippen molar-refractivity contribution < 1.29 is 76.2 Å². The van der Waals surface area contributed by atoms with Crippen molar-refractivity contribution in [1.29, 1.82) is 0 Å². The summed E-state index contributed by atoms with van der Waals surface area (Å²) in [5.41, 5.74) is 2.85. The third-order valence-electron chi connectivity index (χ3n) is 11.9. The summed E-state index contributed by atoms with van der Waals surface area (Å²) < 4.78 is 155. The van der Waals surface area contributed by atoms with Crippen molar-refractivity contribution in [3.63, 3.8) is 0 Å². The van der Waals surface area contributed by atoms with Crippen molar-refractivity contribution in [2.75, 3.05) is 76.0 Å². The van der Waals surface area contributed by atoms with Crippen LogP contribution in [0.2, 0.25) is 20.9 Å². The van der Waals surface area contributed by atoms with Gasteiger partial charge >= 0.3 is 40.8 Å². The minimum Gasteiger partial charge on any atom is -0.395 e. The highest BCUT2D eigenvalue weighted by molar-refractivity contribution is 14.1. The number of nitro groups is 5. The topological polar surface area (TPSA) is 543 Å². The standard InChI is InChI=1S/C13H15ClF3N5O2S.C8H13N3O4S.C8H13N3O2S.C8H15N3O2S.C5HCl2F3N2.C4H4ClN3O2.C4H5N3O2.C4H10S.C3H3N3O2.CH3I.5CH4S.7CH4/c1-7(2)6-25(23,24)11-9(5-22(3)21-11)19-10-8(13(15,16)17)4-18-12(14)20-10;1-6(2)5-16(14,15)8-7(11(12)13)4-10(3)9-8;1-6(2)5-14-8-7(11(12)13)4-10(3)9-8;1-6(2)5-14(12,13)8-7(9)4-11(3)10-8;6-3-2(5(8,9)10)1-11-4(7)12-3;1-7-2-3(8(9)10)4(5)6-7;1-6-3-4(2-5-6)7(8)9;1-4(2)3-5;7-6(8)3-1-4-5-2-3;6*1-2;;;;;;;/h4-5,7H,6H2,1-3H3,(H,18,19,20);4,6H,5H2,1-3H3;4,6H,5H2,1-3H3;4,6H,5,9H2,1-3H3;1H;2H,1H3;2-3H,1H3;4-5H,3H2,1-2H3;1-2H,(H,4,5);1H3;5*2H,1H3;7*1H4. The summed E-state index contributed by atoms with van der Waals surface area (Å²) in [5.74, 6) is 1.96. The Hall–Kier alpha value is -7.00. The third kappa shape index (κ3) is 62.6. The molecule has 0 aliphatic heterocycles. The van der Waals surface area contributed by atoms with Gasteiger partial charge in [0.15, 0.2) is 29.7 Å². The predicted molar refractivity (Wildman–Crippen MR) is 549 cm³/mol. The molecule has 768 valence electrons. The van der Waals surface area contributed by atoms with Crippen LogP contribution < -0.4 is 11.1 Å². The number of aryl methyl sites for hydroxylation is 6. The van der Waals surface area contributed by atoms with E-state index in [-0.39, 0.29) is 142 Å². The molecule has 0 saturated heterocycles. The second-order valence-electron chi connectivity index (χ2n) is 24.8. The van der Waals surface area contributed by atoms with Gasteiger partial charge < -0.3 is 11.1 Å². The maximum atomic E-state index is 13.1. The number of H-pyrrole nitrogens is 1. The zero-order valence-corrected chi connectivity index (χ0v) is 85.0. The van der Waals surface area contributed by atoms with Gasteiger partial charge in [-0.1, -0.05) is 179 Å². The van der Waals surface area contributed by atoms with Crippen molar-refractivity contribution >= 4 is 232 Å². The number of rotatable bonds is 20. The number of aromatic amines is 1. The van der Waals surface area contributed by atoms with E-state index in [2.05, 4.69) is 192 Å². The molecule has 0 aliphatic rings. The SMILES string of the molecule is C.C.C.C.C.C.C.CC(C)CS.CC(C)CS(=O)(=O)c1nn(C)cc1N.CC(C)CS(=O)(=O)c1nn(C)cc1Nc1nc(Cl)ncc1C(F)(F)F.CC(C)CS(=O)(=O)c1nn(C)cc1[N+](=O)[O-].CC(C)CSc1nn(C)cc1[N+](=O)[O-].CI.CS.CS.CS.CS.CS.Cn1cc([N+](=O)[O-])c(Cl)n1.Cn1cc([N+](=O)[O-])cn1.FC(F)(F)c1cnc(Cl)nc1Cl.O=[N+]([O-])c1cn[nH]c1. The summed E-state index contributed by atoms with van der Waals surface area (Å²) in [6.07, 6.45) is 11.7. The van der Waals surface area contributed by atoms with E-state index in [1.54, 1.807) is 87.2 Å². The molecular formula is C70H130Cl4F6IN25O16S10. The molecule has 0 aliphatic carbocycles. The molecule has 0 spiro atoms. The fourth-order valence-corrected chi connectivity index (χ4v) is 14.4. The fraction of sp³-hybridized carbons (Fsp3) is 0.586. The molecule has 0 radical (unpaired) electrons. The number of hydrogen-bond acceptors (Lipinski definition) is 36. The minimum absolute atomic E-state index is 0. The highest BCUT2D eigenvalue weighted by atomic mass is 127. The van der Waals surface area contributed by atoms with Gasteiger partial charge in [-0.05, 0) is 94.8 Å². The maximum absolute atomic E-state index is 13.1. The van der Waals surface area contributed by atoms with E-state index in [1.807, 2.05) is 18.8 Å². The van der Waals surface area contributed by atoms with Crippen LogP contribution in [0.3, 0.4) is 0 Å². The average molecular weight is 2280 g/mol. The third-order valence-corrected chi connectivity index (χ3v) is 21.0. The van der Waals surface area contributed by atoms with Gasteiger partial charge in [0.2, 0.25) is 30.6 Å². The number of nitrogens with zero attached hydrogens (tertiary/aromatic N) is 22. The summed E-state index contributed by atoms with van der Waals surface area (Å²) in [6, 6.07) is 0. The van der Waals surface area contributed by atoms with E-state index in [1.165, 1.54) is 92.6 Å². The molecule has 0 atom stereocenters. The van der Waals surface area contributed by atoms with Crippen molar-refractivity contribution in [2.24, 2.45) is 71.9 Å². The number of thioether (sulfide) groups is 1. The lowest BCUT2D eigenvalue weighted by Crippen LogP contribution is -2.15. The van der Waals surface area contributed by atoms with E-state index in [0.29, 0.717) is 23.3 Å². The Balaban J connectivity index is -0.000000110. The Kier molecular flexibility index (Phi) is 90.6. The number of nitrogen functional groups attached to an aromatic ring is 1. The van der Waals surface area contributed by atoms with E-state index in [0.717, 1.165) is 34.5 Å². The summed E-state index contributed by atoms with van der Waals surface area (Å²) in [5, 5.41) is 80.0. The molecule has 9 rings (SSSR count). The molecule has 9 heterocycles. The molecule has 9 aromatic heterocycles. The van der Waals surface area contributed by atoms with Gasteiger partial charge in [0.25, 0.3) is 5.03 Å². The molecular weight excluding hydrogens is 2150 g/mol. The number of alkyl halides is 7. The number of nitrogens with two attached hydrogens (primary N) is 1. The smallest absolute Gasteiger partial charge is 0.395 e. The predicted octanol–water partition coefficient (Wildman–Crippen LogP) is 20.6. The number of hydrogen-bond donors (Lipinski definition) is 9. The van der Waals surface area contributed by atoms with Crippen LogP contribution in [0, 0.1) is 80.2 Å². The van der Waals surface area contributed by atoms with E-state index >= 15 is 0 Å². The molecule has 0 amide bonds. The molecule has 0 fully saturated rings. The first-order valence-corrected chi connectivity index (χ1v) is 48.9. The first-order chi connectivity index (χ1) is 57.8. The van der Waals surface area contributed by atoms with Crippen LogP contribution in [-0.2, 0) is 84.2 Å². The number of aromatic nitrogens is 18. The molecule has 0 saturated carbocycles. The molecule has 9 aromatic rings. The molecule has 62 heteroatoms. The van der Waals surface area contributed by atoms with Gasteiger partial charge in [-0.15, -0.1) is 0 Å². The van der Waals surface area contributed by atoms with Crippen LogP contribution in [-0.4, -0.2) is 204 Å². The van der Waals surface area contributed by atoms with Crippen LogP contribution in [0.5, 0.6) is 0 Å². The van der Waals surface area contributed by atoms with Crippen LogP contribution in [0.1, 0.15) is 132 Å². The van der Waals surface area contributed by atoms with Gasteiger partial charge in [0, 0.05) is 72.8 Å². The Morgan fingerprint density at radius 1 is 0.462 bits per heavy atom. The van der Waals surface area contributed by atoms with Gasteiger partial charge in [-0.25, -0.2) is 40.2 Å². The average Bonchev–Trinajstić information content (AvgIpc) is 1.65. The number of nitrogens with one attached hydrogen (secondary N) is 2. The number of sulfone groups is 3. The van der Waals surface area contributed by atoms with Crippen molar-refractivity contribution in [3.8, 4) is 0 Å². The first-order valence-electron chi connectivity index (χ1n) is 34.2. The second kappa shape index (κ2) is 78.1. The lowest BCUT2D eigenvalue weighted by atomic mass is 10.3. The molecule has 41 nitrogen and oxygen atoms in total. The fourth-order valence-electron chi connectivity index (χ4n) is 7.54. The molecule has 0 bridgehead atoms. The lowest BCUT2D eigenvalue weighted by molar-refractivity contribution is -0.388. The molecule has 4 N–H and O–H groups in total. The maximum Gasteiger partial charge on any atom is 0.421 e. The Bertz CT molecular complexity index is 5000. The molecule has 0 unspecified atom stereocenters. The van der Waals surface area contributed by atoms with Crippen LogP contribution >= 0.6 is 157 Å². The summed E-state index contributed by atoms with van der Waals surface area (Å²) in [6.45, 7) is 19.0. The highest BCUT2D eigenvalue weighted by Gasteiger charge is 2.37.